The Bertz CT molecular complexity index is 8.00. The van der Waals surface area contributed by atoms with Crippen LogP contribution in [0.5, 0.6) is 0 Å². The largest absolute Gasteiger partial charge is 0.400 e. The van der Waals surface area contributed by atoms with Crippen molar-refractivity contribution in [1.82, 2.24) is 0 Å². The third kappa shape index (κ3) is 10.9. The molecule has 0 atom stereocenters. The number of hydrogen-bond acceptors (Lipinski definition) is 1. The van der Waals surface area contributed by atoms with Crippen LogP contribution in [0.25, 0.3) is 0 Å². The van der Waals surface area contributed by atoms with Crippen LogP contribution in [0.3, 0.4) is 0 Å². The van der Waals surface area contributed by atoms with E-state index < -0.39 is 0 Å². The SMILES string of the molecule is CO.[Fe].[Mo]. The average Bonchev–Trinajstić information content (AvgIpc) is 1.00. The molecule has 1 N–H and O–H groups in total. The van der Waals surface area contributed by atoms with Gasteiger partial charge in [0.05, 0.1) is 0 Å². The van der Waals surface area contributed by atoms with E-state index in [0.717, 1.165) is 7.11 Å². The van der Waals surface area contributed by atoms with E-state index in [2.05, 4.69) is 0 Å². The van der Waals surface area contributed by atoms with E-state index in [4.69, 9.17) is 5.11 Å². The third-order valence-corrected chi connectivity index (χ3v) is 0. The number of aliphatic hydroxyl groups excluding tert-OH is 1. The Labute approximate surface area is 50.5 Å². The van der Waals surface area contributed by atoms with Crippen LogP contribution in [0.4, 0.5) is 0 Å². The van der Waals surface area contributed by atoms with Gasteiger partial charge in [-0.25, -0.2) is 0 Å². The predicted molar refractivity (Wildman–Crippen MR) is 8.14 cm³/mol. The molecule has 0 amide bonds. The molecule has 28 valence electrons. The molecule has 3 heteroatoms. The number of rotatable bonds is 0. The molecular weight excluding hydrogens is 180 g/mol. The Balaban J connectivity index is -0.00000000500. The minimum absolute atomic E-state index is 0. The fraction of sp³-hybridized carbons (Fsp3) is 1.00. The zero-order chi connectivity index (χ0) is 2.00. The maximum absolute atomic E-state index is 7.00. The van der Waals surface area contributed by atoms with Gasteiger partial charge in [0.2, 0.25) is 0 Å². The molecule has 0 fully saturated rings. The van der Waals surface area contributed by atoms with E-state index in [1.54, 1.807) is 0 Å². The molecule has 1 nitrogen and oxygen atoms in total. The van der Waals surface area contributed by atoms with Crippen molar-refractivity contribution >= 4 is 0 Å². The predicted octanol–water partition coefficient (Wildman–Crippen LogP) is -0.397. The fourth-order valence-corrected chi connectivity index (χ4v) is 0. The summed E-state index contributed by atoms with van der Waals surface area (Å²) in [4.78, 5) is 0. The van der Waals surface area contributed by atoms with Gasteiger partial charge in [-0.05, 0) is 0 Å². The zero-order valence-corrected chi connectivity index (χ0v) is 5.32. The molecule has 0 rings (SSSR count). The second-order valence-electron chi connectivity index (χ2n) is 0. The molecule has 0 aliphatic rings. The van der Waals surface area contributed by atoms with Crippen molar-refractivity contribution in [3.63, 3.8) is 0 Å². The molecular formula is CH4FeMoO. The van der Waals surface area contributed by atoms with Gasteiger partial charge in [-0.3, -0.25) is 0 Å². The second kappa shape index (κ2) is 30.7. The summed E-state index contributed by atoms with van der Waals surface area (Å²) >= 11 is 0. The summed E-state index contributed by atoms with van der Waals surface area (Å²) < 4.78 is 0. The van der Waals surface area contributed by atoms with Gasteiger partial charge >= 0.3 is 0 Å². The normalized spacial score (nSPS) is 1.50. The van der Waals surface area contributed by atoms with Gasteiger partial charge in [0.15, 0.2) is 0 Å². The molecule has 0 saturated heterocycles. The van der Waals surface area contributed by atoms with Crippen LogP contribution in [-0.2, 0) is 38.1 Å². The van der Waals surface area contributed by atoms with Crippen LogP contribution in [0.15, 0.2) is 0 Å². The quantitative estimate of drug-likeness (QED) is 0.508. The molecule has 0 aliphatic heterocycles. The molecule has 0 aromatic rings. The topological polar surface area (TPSA) is 20.2 Å². The Hall–Kier alpha value is 1.17. The van der Waals surface area contributed by atoms with Gasteiger partial charge in [-0.1, -0.05) is 0 Å². The van der Waals surface area contributed by atoms with Gasteiger partial charge in [-0.2, -0.15) is 0 Å². The summed E-state index contributed by atoms with van der Waals surface area (Å²) in [5, 5.41) is 7.00. The van der Waals surface area contributed by atoms with Gasteiger partial charge < -0.3 is 5.11 Å². The Kier molecular flexibility index (Phi) is 146. The summed E-state index contributed by atoms with van der Waals surface area (Å²) in [5.41, 5.74) is 0. The van der Waals surface area contributed by atoms with Crippen LogP contribution >= 0.6 is 0 Å². The van der Waals surface area contributed by atoms with Crippen LogP contribution in [0.2, 0.25) is 0 Å². The first-order chi connectivity index (χ1) is 1.00. The van der Waals surface area contributed by atoms with Crippen LogP contribution in [0, 0.1) is 0 Å². The first-order valence-corrected chi connectivity index (χ1v) is 0.447. The van der Waals surface area contributed by atoms with Crippen LogP contribution < -0.4 is 0 Å². The van der Waals surface area contributed by atoms with Crippen molar-refractivity contribution in [2.75, 3.05) is 7.11 Å². The van der Waals surface area contributed by atoms with Crippen molar-refractivity contribution in [2.45, 2.75) is 0 Å². The molecule has 0 aromatic carbocycles. The van der Waals surface area contributed by atoms with Gasteiger partial charge in [-0.15, -0.1) is 0 Å². The molecule has 0 heterocycles. The van der Waals surface area contributed by atoms with E-state index in [9.17, 15) is 0 Å². The van der Waals surface area contributed by atoms with E-state index in [1.165, 1.54) is 0 Å². The van der Waals surface area contributed by atoms with Crippen molar-refractivity contribution in [2.24, 2.45) is 0 Å². The average molecular weight is 184 g/mol. The summed E-state index contributed by atoms with van der Waals surface area (Å²) in [6.07, 6.45) is 0. The van der Waals surface area contributed by atoms with E-state index >= 15 is 0 Å². The smallest absolute Gasteiger partial charge is 0.0319 e. The van der Waals surface area contributed by atoms with Crippen molar-refractivity contribution in [1.29, 1.82) is 0 Å². The summed E-state index contributed by atoms with van der Waals surface area (Å²) in [6.45, 7) is 0. The monoisotopic (exact) mass is 186 g/mol. The Morgan fingerprint density at radius 1 is 1.25 bits per heavy atom. The second-order valence-corrected chi connectivity index (χ2v) is 0. The first kappa shape index (κ1) is 19.1. The Morgan fingerprint density at radius 2 is 1.25 bits per heavy atom. The fourth-order valence-electron chi connectivity index (χ4n) is 0. The van der Waals surface area contributed by atoms with E-state index in [1.807, 2.05) is 0 Å². The van der Waals surface area contributed by atoms with Crippen LogP contribution in [-0.4, -0.2) is 12.2 Å². The van der Waals surface area contributed by atoms with Crippen LogP contribution in [0.1, 0.15) is 0 Å². The van der Waals surface area contributed by atoms with E-state index in [-0.39, 0.29) is 38.1 Å². The standard InChI is InChI=1S/CH4O.Fe.Mo/c1-2;;/h2H,1H3;;. The molecule has 0 unspecified atom stereocenters. The zero-order valence-electron chi connectivity index (χ0n) is 2.21. The van der Waals surface area contributed by atoms with Crippen molar-refractivity contribution in [3.8, 4) is 0 Å². The third-order valence-electron chi connectivity index (χ3n) is 0. The van der Waals surface area contributed by atoms with Crippen molar-refractivity contribution < 1.29 is 43.2 Å². The molecule has 0 spiro atoms. The molecule has 0 bridgehead atoms. The minimum atomic E-state index is 0. The summed E-state index contributed by atoms with van der Waals surface area (Å²) in [7, 11) is 1.00. The van der Waals surface area contributed by atoms with Gasteiger partial charge in [0, 0.05) is 45.2 Å². The Morgan fingerprint density at radius 3 is 1.25 bits per heavy atom. The molecule has 0 radical (unpaired) electrons. The van der Waals surface area contributed by atoms with Gasteiger partial charge in [0.25, 0.3) is 0 Å². The number of aliphatic hydroxyl groups is 1. The summed E-state index contributed by atoms with van der Waals surface area (Å²) in [6, 6.07) is 0. The van der Waals surface area contributed by atoms with Crippen molar-refractivity contribution in [3.05, 3.63) is 0 Å². The van der Waals surface area contributed by atoms with Gasteiger partial charge in [0.1, 0.15) is 0 Å². The number of hydrogen-bond donors (Lipinski definition) is 1. The molecule has 0 saturated carbocycles. The molecule has 0 aliphatic carbocycles. The first-order valence-electron chi connectivity index (χ1n) is 0.447. The minimum Gasteiger partial charge on any atom is -0.400 e. The summed E-state index contributed by atoms with van der Waals surface area (Å²) in [5.74, 6) is 0. The maximum atomic E-state index is 7.00. The molecule has 4 heavy (non-hydrogen) atoms. The van der Waals surface area contributed by atoms with E-state index in [0.29, 0.717) is 0 Å². The molecule has 0 aromatic heterocycles. The maximum Gasteiger partial charge on any atom is 0.0319 e.